The Bertz CT molecular complexity index is 1710. The van der Waals surface area contributed by atoms with Gasteiger partial charge in [0.15, 0.2) is 10.1 Å². The number of rotatable bonds is 9. The van der Waals surface area contributed by atoms with Gasteiger partial charge in [-0.05, 0) is 43.2 Å². The lowest BCUT2D eigenvalue weighted by molar-refractivity contribution is -0.116. The molecule has 0 saturated carbocycles. The van der Waals surface area contributed by atoms with Crippen LogP contribution in [0, 0.1) is 11.3 Å². The van der Waals surface area contributed by atoms with E-state index < -0.39 is 11.9 Å². The molecule has 1 aliphatic heterocycles. The number of carbonyl (C=O) groups is 3. The van der Waals surface area contributed by atoms with E-state index in [1.165, 1.54) is 42.7 Å². The predicted molar refractivity (Wildman–Crippen MR) is 160 cm³/mol. The molecular weight excluding hydrogens is 592 g/mol. The van der Waals surface area contributed by atoms with E-state index >= 15 is 0 Å². The molecule has 1 aromatic heterocycles. The highest BCUT2D eigenvalue weighted by Crippen LogP contribution is 2.49. The minimum absolute atomic E-state index is 0.0237. The Labute approximate surface area is 254 Å². The van der Waals surface area contributed by atoms with Crippen molar-refractivity contribution in [2.24, 2.45) is 5.73 Å². The highest BCUT2D eigenvalue weighted by Gasteiger charge is 2.42. The van der Waals surface area contributed by atoms with Crippen LogP contribution in [0.4, 0.5) is 10.8 Å². The van der Waals surface area contributed by atoms with Crippen LogP contribution in [0.3, 0.4) is 0 Å². The molecule has 2 aliphatic rings. The number of Topliss-reactive ketones (excluding diaryl/α,β-unsaturated/α-hetero) is 1. The zero-order valence-corrected chi connectivity index (χ0v) is 24.8. The molecular formula is C29H26N6O6S2. The number of ether oxygens (including phenoxy) is 2. The molecule has 2 heterocycles. The smallest absolute Gasteiger partial charge is 0.335 e. The Balaban J connectivity index is 1.41. The number of hydrogen-bond donors (Lipinski definition) is 3. The number of methoxy groups -OCH3 is 2. The Morgan fingerprint density at radius 3 is 2.63 bits per heavy atom. The van der Waals surface area contributed by atoms with Gasteiger partial charge in [-0.3, -0.25) is 14.5 Å². The van der Waals surface area contributed by atoms with E-state index in [0.29, 0.717) is 62.8 Å². The van der Waals surface area contributed by atoms with Gasteiger partial charge in [0.25, 0.3) is 0 Å². The summed E-state index contributed by atoms with van der Waals surface area (Å²) in [7, 11) is 3.06. The third kappa shape index (κ3) is 5.90. The van der Waals surface area contributed by atoms with Crippen LogP contribution < -0.4 is 25.4 Å². The van der Waals surface area contributed by atoms with Crippen molar-refractivity contribution in [3.8, 4) is 17.6 Å². The van der Waals surface area contributed by atoms with E-state index in [9.17, 15) is 19.6 Å². The molecule has 43 heavy (non-hydrogen) atoms. The van der Waals surface area contributed by atoms with Gasteiger partial charge in [-0.25, -0.2) is 4.79 Å². The zero-order chi connectivity index (χ0) is 30.7. The number of carbonyl (C=O) groups excluding carboxylic acids is 2. The van der Waals surface area contributed by atoms with Crippen molar-refractivity contribution >= 4 is 51.6 Å². The Kier molecular flexibility index (Phi) is 8.65. The standard InChI is InChI=1S/C29H26N6O6S2/c1-40-17-10-11-18(22(12-17)41-2)24-19(13-30)26(31)35(20-4-3-5-21(36)25(20)24)28-33-34-29(43-28)42-14-23(37)32-16-8-6-15(7-9-16)27(38)39/h6-12,24H,3-5,14,31H2,1-2H3,(H,32,37)(H,38,39). The van der Waals surface area contributed by atoms with Crippen LogP contribution in [-0.2, 0) is 9.59 Å². The molecule has 1 aliphatic carbocycles. The van der Waals surface area contributed by atoms with Gasteiger partial charge < -0.3 is 25.6 Å². The van der Waals surface area contributed by atoms with E-state index in [1.54, 1.807) is 30.2 Å². The molecule has 0 fully saturated rings. The fourth-order valence-electron chi connectivity index (χ4n) is 5.04. The molecule has 0 saturated heterocycles. The highest BCUT2D eigenvalue weighted by atomic mass is 32.2. The van der Waals surface area contributed by atoms with Crippen molar-refractivity contribution in [1.82, 2.24) is 10.2 Å². The number of nitrogens with one attached hydrogen (secondary N) is 1. The predicted octanol–water partition coefficient (Wildman–Crippen LogP) is 4.29. The van der Waals surface area contributed by atoms with Crippen molar-refractivity contribution in [3.05, 3.63) is 76.3 Å². The monoisotopic (exact) mass is 618 g/mol. The molecule has 4 N–H and O–H groups in total. The number of allylic oxidation sites excluding steroid dienone is 3. The van der Waals surface area contributed by atoms with E-state index in [-0.39, 0.29) is 34.4 Å². The first kappa shape index (κ1) is 29.6. The number of benzene rings is 2. The molecule has 1 amide bonds. The second-order valence-electron chi connectivity index (χ2n) is 9.49. The summed E-state index contributed by atoms with van der Waals surface area (Å²) in [5, 5.41) is 30.9. The summed E-state index contributed by atoms with van der Waals surface area (Å²) in [4.78, 5) is 38.6. The van der Waals surface area contributed by atoms with Gasteiger partial charge in [-0.15, -0.1) is 10.2 Å². The first-order valence-electron chi connectivity index (χ1n) is 13.0. The largest absolute Gasteiger partial charge is 0.497 e. The number of carboxylic acid groups (broad SMARTS) is 1. The molecule has 5 rings (SSSR count). The number of hydrogen-bond acceptors (Lipinski definition) is 12. The van der Waals surface area contributed by atoms with E-state index in [1.807, 2.05) is 0 Å². The molecule has 220 valence electrons. The second-order valence-corrected chi connectivity index (χ2v) is 11.7. The molecule has 0 spiro atoms. The average molecular weight is 619 g/mol. The minimum atomic E-state index is -1.05. The summed E-state index contributed by atoms with van der Waals surface area (Å²) >= 11 is 2.35. The second kappa shape index (κ2) is 12.6. The summed E-state index contributed by atoms with van der Waals surface area (Å²) in [6, 6.07) is 13.3. The lowest BCUT2D eigenvalue weighted by Gasteiger charge is -2.38. The number of aromatic carboxylic acids is 1. The topological polar surface area (TPSA) is 181 Å². The number of ketones is 1. The molecule has 3 aromatic rings. The van der Waals surface area contributed by atoms with Gasteiger partial charge in [-0.1, -0.05) is 29.2 Å². The number of aromatic nitrogens is 2. The SMILES string of the molecule is COc1ccc(C2C(C#N)=C(N)N(c3nnc(SCC(=O)Nc4ccc(C(=O)O)cc4)s3)C3=C2C(=O)CCC3)c(OC)c1. The molecule has 0 bridgehead atoms. The number of amides is 1. The van der Waals surface area contributed by atoms with E-state index in [4.69, 9.17) is 20.3 Å². The third-order valence-electron chi connectivity index (χ3n) is 6.99. The summed E-state index contributed by atoms with van der Waals surface area (Å²) in [5.74, 6) is -0.960. The number of nitriles is 1. The maximum absolute atomic E-state index is 13.4. The average Bonchev–Trinajstić information content (AvgIpc) is 3.48. The Morgan fingerprint density at radius 1 is 1.19 bits per heavy atom. The zero-order valence-electron chi connectivity index (χ0n) is 23.1. The van der Waals surface area contributed by atoms with Crippen LogP contribution in [0.15, 0.2) is 69.5 Å². The van der Waals surface area contributed by atoms with Crippen LogP contribution in [0.1, 0.15) is 41.1 Å². The molecule has 14 heteroatoms. The van der Waals surface area contributed by atoms with Crippen molar-refractivity contribution in [2.45, 2.75) is 29.5 Å². The van der Waals surface area contributed by atoms with Gasteiger partial charge in [-0.2, -0.15) is 5.26 Å². The maximum atomic E-state index is 13.4. The van der Waals surface area contributed by atoms with E-state index in [2.05, 4.69) is 21.6 Å². The summed E-state index contributed by atoms with van der Waals surface area (Å²) in [5.41, 5.74) is 9.17. The first-order chi connectivity index (χ1) is 20.7. The summed E-state index contributed by atoms with van der Waals surface area (Å²) in [6.45, 7) is 0. The number of thioether (sulfide) groups is 1. The fraction of sp³-hybridized carbons (Fsp3) is 0.241. The molecule has 1 atom stereocenters. The number of anilines is 2. The number of nitrogens with two attached hydrogens (primary N) is 1. The lowest BCUT2D eigenvalue weighted by atomic mass is 9.75. The van der Waals surface area contributed by atoms with Crippen LogP contribution in [0.2, 0.25) is 0 Å². The molecule has 1 unspecified atom stereocenters. The van der Waals surface area contributed by atoms with E-state index in [0.717, 1.165) is 11.8 Å². The number of nitrogens with zero attached hydrogens (tertiary/aromatic N) is 4. The maximum Gasteiger partial charge on any atom is 0.335 e. The molecule has 0 radical (unpaired) electrons. The van der Waals surface area contributed by atoms with Crippen molar-refractivity contribution in [1.29, 1.82) is 5.26 Å². The minimum Gasteiger partial charge on any atom is -0.497 e. The normalized spacial score (nSPS) is 16.4. The third-order valence-corrected chi connectivity index (χ3v) is 9.04. The summed E-state index contributed by atoms with van der Waals surface area (Å²) in [6.07, 6.45) is 1.50. The highest BCUT2D eigenvalue weighted by molar-refractivity contribution is 8.01. The fourth-order valence-corrected chi connectivity index (χ4v) is 6.73. The van der Waals surface area contributed by atoms with Crippen LogP contribution in [0.25, 0.3) is 0 Å². The van der Waals surface area contributed by atoms with Crippen LogP contribution in [-0.4, -0.2) is 52.9 Å². The van der Waals surface area contributed by atoms with Crippen molar-refractivity contribution in [2.75, 3.05) is 30.2 Å². The van der Waals surface area contributed by atoms with Gasteiger partial charge in [0.05, 0.1) is 43.1 Å². The quantitative estimate of drug-likeness (QED) is 0.290. The van der Waals surface area contributed by atoms with Gasteiger partial charge in [0.2, 0.25) is 11.0 Å². The van der Waals surface area contributed by atoms with Crippen molar-refractivity contribution in [3.63, 3.8) is 0 Å². The van der Waals surface area contributed by atoms with Crippen LogP contribution in [0.5, 0.6) is 11.5 Å². The molecule has 2 aromatic carbocycles. The number of carboxylic acids is 1. The summed E-state index contributed by atoms with van der Waals surface area (Å²) < 4.78 is 11.4. The lowest BCUT2D eigenvalue weighted by Crippen LogP contribution is -2.38. The molecule has 12 nitrogen and oxygen atoms in total. The van der Waals surface area contributed by atoms with Gasteiger partial charge in [0.1, 0.15) is 17.3 Å². The van der Waals surface area contributed by atoms with Crippen molar-refractivity contribution < 1.29 is 29.0 Å². The Hall–Kier alpha value is -4.87. The van der Waals surface area contributed by atoms with Crippen LogP contribution >= 0.6 is 23.1 Å². The first-order valence-corrected chi connectivity index (χ1v) is 14.8. The van der Waals surface area contributed by atoms with Gasteiger partial charge in [0, 0.05) is 35.0 Å². The Morgan fingerprint density at radius 2 is 1.95 bits per heavy atom. The van der Waals surface area contributed by atoms with Gasteiger partial charge >= 0.3 is 5.97 Å².